The number of amides is 3. The van der Waals surface area contributed by atoms with E-state index in [1.54, 1.807) is 0 Å². The van der Waals surface area contributed by atoms with Crippen LogP contribution in [0.15, 0.2) is 60.7 Å². The third kappa shape index (κ3) is 4.53. The summed E-state index contributed by atoms with van der Waals surface area (Å²) in [6.07, 6.45) is 1.64. The van der Waals surface area contributed by atoms with Crippen molar-refractivity contribution in [2.75, 3.05) is 13.2 Å². The zero-order chi connectivity index (χ0) is 27.8. The van der Waals surface area contributed by atoms with Gasteiger partial charge in [-0.05, 0) is 43.2 Å². The minimum Gasteiger partial charge on any atom is -0.394 e. The molecule has 3 fully saturated rings. The van der Waals surface area contributed by atoms with E-state index in [0.717, 1.165) is 17.5 Å². The summed E-state index contributed by atoms with van der Waals surface area (Å²) in [7, 11) is 0. The van der Waals surface area contributed by atoms with Crippen LogP contribution >= 0.6 is 0 Å². The molecule has 8 heteroatoms. The zero-order valence-electron chi connectivity index (χ0n) is 22.9. The summed E-state index contributed by atoms with van der Waals surface area (Å²) in [6, 6.07) is 17.6. The van der Waals surface area contributed by atoms with Crippen LogP contribution in [0.2, 0.25) is 0 Å². The number of aliphatic hydroxyl groups is 1. The van der Waals surface area contributed by atoms with Crippen molar-refractivity contribution in [1.29, 1.82) is 0 Å². The largest absolute Gasteiger partial charge is 0.394 e. The number of benzene rings is 2. The Labute approximate surface area is 230 Å². The Morgan fingerprint density at radius 2 is 1.69 bits per heavy atom. The third-order valence-electron chi connectivity index (χ3n) is 9.06. The number of hydrogen-bond donors (Lipinski definition) is 3. The molecule has 2 bridgehead atoms. The number of rotatable bonds is 10. The van der Waals surface area contributed by atoms with Gasteiger partial charge in [-0.1, -0.05) is 74.5 Å². The smallest absolute Gasteiger partial charge is 0.246 e. The van der Waals surface area contributed by atoms with Crippen LogP contribution in [0.3, 0.4) is 0 Å². The monoisotopic (exact) mass is 533 g/mol. The van der Waals surface area contributed by atoms with Crippen molar-refractivity contribution in [1.82, 2.24) is 15.5 Å². The Hall–Kier alpha value is -3.23. The fraction of sp³-hybridized carbons (Fsp3) is 0.516. The van der Waals surface area contributed by atoms with Gasteiger partial charge in [-0.25, -0.2) is 0 Å². The highest BCUT2D eigenvalue weighted by molar-refractivity contribution is 5.99. The van der Waals surface area contributed by atoms with Crippen LogP contribution in [0, 0.1) is 17.8 Å². The van der Waals surface area contributed by atoms with Crippen molar-refractivity contribution >= 4 is 17.7 Å². The molecule has 5 rings (SSSR count). The number of fused-ring (bicyclic) bond motifs is 1. The van der Waals surface area contributed by atoms with Gasteiger partial charge in [-0.15, -0.1) is 0 Å². The maximum atomic E-state index is 14.4. The van der Waals surface area contributed by atoms with Gasteiger partial charge in [0, 0.05) is 13.1 Å². The van der Waals surface area contributed by atoms with Crippen LogP contribution < -0.4 is 10.6 Å². The van der Waals surface area contributed by atoms with Gasteiger partial charge in [-0.3, -0.25) is 14.4 Å². The third-order valence-corrected chi connectivity index (χ3v) is 9.06. The fourth-order valence-electron chi connectivity index (χ4n) is 7.15. The first-order valence-corrected chi connectivity index (χ1v) is 14.0. The van der Waals surface area contributed by atoms with Crippen molar-refractivity contribution in [3.05, 3.63) is 71.8 Å². The first-order chi connectivity index (χ1) is 18.8. The lowest BCUT2D eigenvalue weighted by Gasteiger charge is -2.37. The van der Waals surface area contributed by atoms with E-state index in [4.69, 9.17) is 4.74 Å². The molecule has 3 aliphatic heterocycles. The molecule has 3 saturated heterocycles. The average molecular weight is 534 g/mol. The second-order valence-corrected chi connectivity index (χ2v) is 11.5. The van der Waals surface area contributed by atoms with Crippen LogP contribution in [0.25, 0.3) is 0 Å². The Bertz CT molecular complexity index is 1210. The predicted octanol–water partition coefficient (Wildman–Crippen LogP) is 2.44. The number of nitrogens with zero attached hydrogens (tertiary/aromatic N) is 1. The van der Waals surface area contributed by atoms with Gasteiger partial charge in [0.2, 0.25) is 17.7 Å². The number of carbonyl (C=O) groups is 3. The van der Waals surface area contributed by atoms with E-state index in [1.807, 2.05) is 81.4 Å². The molecule has 2 aromatic carbocycles. The van der Waals surface area contributed by atoms with E-state index in [9.17, 15) is 19.5 Å². The van der Waals surface area contributed by atoms with Gasteiger partial charge >= 0.3 is 0 Å². The van der Waals surface area contributed by atoms with Gasteiger partial charge in [-0.2, -0.15) is 0 Å². The highest BCUT2D eigenvalue weighted by Crippen LogP contribution is 2.65. The van der Waals surface area contributed by atoms with Crippen molar-refractivity contribution in [3.63, 3.8) is 0 Å². The second-order valence-electron chi connectivity index (χ2n) is 11.5. The maximum absolute atomic E-state index is 14.4. The fourth-order valence-corrected chi connectivity index (χ4v) is 7.15. The lowest BCUT2D eigenvalue weighted by molar-refractivity contribution is -0.150. The number of carbonyl (C=O) groups excluding carboxylic acids is 3. The molecule has 39 heavy (non-hydrogen) atoms. The molecule has 2 aromatic rings. The molecule has 208 valence electrons. The predicted molar refractivity (Wildman–Crippen MR) is 146 cm³/mol. The summed E-state index contributed by atoms with van der Waals surface area (Å²) in [5, 5.41) is 16.6. The van der Waals surface area contributed by atoms with E-state index < -0.39 is 35.1 Å². The topological polar surface area (TPSA) is 108 Å². The second kappa shape index (κ2) is 10.7. The van der Waals surface area contributed by atoms with Crippen LogP contribution in [0.1, 0.15) is 44.7 Å². The van der Waals surface area contributed by atoms with Gasteiger partial charge in [0.1, 0.15) is 11.6 Å². The summed E-state index contributed by atoms with van der Waals surface area (Å²) in [6.45, 7) is 6.41. The molecule has 0 saturated carbocycles. The standard InChI is InChI=1S/C31H39N3O5/c1-4-15-32-27(36)24-25-29(38)34(23(19-35)16-21-11-7-5-8-12-21)26(31(25)17-20(2)30(24,3)39-31)28(37)33-18-22-13-9-6-10-14-22/h5-14,20,23-26,35H,4,15-19H2,1-3H3,(H,32,36)(H,33,37)/t20?,23-,24+,25+,26?,30-,31?/m1/s1. The van der Waals surface area contributed by atoms with E-state index in [0.29, 0.717) is 25.9 Å². The Morgan fingerprint density at radius 1 is 1.05 bits per heavy atom. The van der Waals surface area contributed by atoms with Gasteiger partial charge in [0.15, 0.2) is 0 Å². The number of hydrogen-bond acceptors (Lipinski definition) is 5. The molecule has 1 spiro atoms. The Morgan fingerprint density at radius 3 is 2.31 bits per heavy atom. The Balaban J connectivity index is 1.54. The summed E-state index contributed by atoms with van der Waals surface area (Å²) in [4.78, 5) is 43.5. The summed E-state index contributed by atoms with van der Waals surface area (Å²) in [5.41, 5.74) is -0.126. The zero-order valence-corrected chi connectivity index (χ0v) is 22.9. The molecule has 3 N–H and O–H groups in total. The molecule has 3 heterocycles. The number of nitrogens with one attached hydrogen (secondary N) is 2. The van der Waals surface area contributed by atoms with E-state index in [1.165, 1.54) is 4.90 Å². The van der Waals surface area contributed by atoms with E-state index in [2.05, 4.69) is 10.6 Å². The highest BCUT2D eigenvalue weighted by atomic mass is 16.5. The molecule has 3 unspecified atom stereocenters. The maximum Gasteiger partial charge on any atom is 0.246 e. The summed E-state index contributed by atoms with van der Waals surface area (Å²) >= 11 is 0. The van der Waals surface area contributed by atoms with Crippen LogP contribution in [-0.4, -0.2) is 64.2 Å². The number of likely N-dealkylation sites (tertiary alicyclic amines) is 1. The molecule has 3 aliphatic rings. The quantitative estimate of drug-likeness (QED) is 0.435. The molecule has 7 atom stereocenters. The Kier molecular flexibility index (Phi) is 7.53. The first kappa shape index (κ1) is 27.3. The van der Waals surface area contributed by atoms with Crippen LogP contribution in [-0.2, 0) is 32.1 Å². The number of ether oxygens (including phenoxy) is 1. The number of aliphatic hydroxyl groups excluding tert-OH is 1. The highest BCUT2D eigenvalue weighted by Gasteiger charge is 2.80. The van der Waals surface area contributed by atoms with Crippen molar-refractivity contribution in [3.8, 4) is 0 Å². The van der Waals surface area contributed by atoms with Crippen LogP contribution in [0.5, 0.6) is 0 Å². The molecule has 3 amide bonds. The van der Waals surface area contributed by atoms with Gasteiger partial charge in [0.25, 0.3) is 0 Å². The molecule has 8 nitrogen and oxygen atoms in total. The van der Waals surface area contributed by atoms with Crippen LogP contribution in [0.4, 0.5) is 0 Å². The summed E-state index contributed by atoms with van der Waals surface area (Å²) < 4.78 is 6.76. The minimum absolute atomic E-state index is 0.0370. The lowest BCUT2D eigenvalue weighted by atomic mass is 9.62. The van der Waals surface area contributed by atoms with Gasteiger partial charge < -0.3 is 25.4 Å². The van der Waals surface area contributed by atoms with Crippen molar-refractivity contribution in [2.45, 2.75) is 69.9 Å². The van der Waals surface area contributed by atoms with Crippen molar-refractivity contribution in [2.24, 2.45) is 17.8 Å². The molecular weight excluding hydrogens is 494 g/mol. The SMILES string of the molecule is CCCNC(=O)[C@@H]1[C@H]2C(=O)N([C@@H](CO)Cc3ccccc3)C(C(=O)NCc3ccccc3)C23CC(C)[C@@]1(C)O3. The molecule has 0 radical (unpaired) electrons. The van der Waals surface area contributed by atoms with Crippen molar-refractivity contribution < 1.29 is 24.2 Å². The lowest BCUT2D eigenvalue weighted by Crippen LogP contribution is -2.58. The summed E-state index contributed by atoms with van der Waals surface area (Å²) in [5.74, 6) is -2.38. The molecule has 0 aromatic heterocycles. The normalized spacial score (nSPS) is 31.7. The van der Waals surface area contributed by atoms with Gasteiger partial charge in [0.05, 0.1) is 30.1 Å². The first-order valence-electron chi connectivity index (χ1n) is 14.0. The van der Waals surface area contributed by atoms with E-state index >= 15 is 0 Å². The molecular formula is C31H39N3O5. The minimum atomic E-state index is -1.15. The van der Waals surface area contributed by atoms with E-state index in [-0.39, 0.29) is 30.2 Å². The average Bonchev–Trinajstić information content (AvgIpc) is 3.46. The molecule has 0 aliphatic carbocycles.